The van der Waals surface area contributed by atoms with Crippen LogP contribution in [0.5, 0.6) is 0 Å². The lowest BCUT2D eigenvalue weighted by Gasteiger charge is -2.24. The highest BCUT2D eigenvalue weighted by Crippen LogP contribution is 2.49. The van der Waals surface area contributed by atoms with E-state index in [4.69, 9.17) is 4.99 Å². The van der Waals surface area contributed by atoms with Crippen molar-refractivity contribution < 1.29 is 0 Å². The van der Waals surface area contributed by atoms with Crippen LogP contribution in [0.15, 0.2) is 4.99 Å². The van der Waals surface area contributed by atoms with Gasteiger partial charge in [-0.15, -0.1) is 24.0 Å². The molecule has 4 heteroatoms. The van der Waals surface area contributed by atoms with E-state index in [2.05, 4.69) is 38.3 Å². The molecule has 0 aromatic carbocycles. The first-order valence-electron chi connectivity index (χ1n) is 7.56. The summed E-state index contributed by atoms with van der Waals surface area (Å²) in [5.41, 5.74) is 0.0790. The zero-order valence-corrected chi connectivity index (χ0v) is 15.2. The Labute approximate surface area is 135 Å². The Morgan fingerprint density at radius 1 is 1.16 bits per heavy atom. The third-order valence-electron chi connectivity index (χ3n) is 3.75. The summed E-state index contributed by atoms with van der Waals surface area (Å²) in [4.78, 5) is 4.82. The number of aliphatic imine (C=N–C) groups is 1. The Bertz CT molecular complexity index is 289. The van der Waals surface area contributed by atoms with Crippen LogP contribution in [0.25, 0.3) is 0 Å². The number of nitrogens with one attached hydrogen (secondary N) is 2. The molecule has 2 aliphatic rings. The molecule has 2 aliphatic carbocycles. The predicted molar refractivity (Wildman–Crippen MR) is 93.2 cm³/mol. The molecule has 2 saturated carbocycles. The molecular formula is C15H30IN3. The van der Waals surface area contributed by atoms with Gasteiger partial charge in [0.1, 0.15) is 0 Å². The molecule has 0 heterocycles. The summed E-state index contributed by atoms with van der Waals surface area (Å²) in [7, 11) is 0. The molecule has 0 radical (unpaired) electrons. The first-order valence-corrected chi connectivity index (χ1v) is 7.56. The maximum Gasteiger partial charge on any atom is 0.191 e. The van der Waals surface area contributed by atoms with Crippen LogP contribution in [0.3, 0.4) is 0 Å². The van der Waals surface area contributed by atoms with Crippen molar-refractivity contribution in [2.75, 3.05) is 13.1 Å². The van der Waals surface area contributed by atoms with Gasteiger partial charge in [-0.05, 0) is 71.1 Å². The number of nitrogens with zero attached hydrogens (tertiary/aromatic N) is 1. The van der Waals surface area contributed by atoms with E-state index in [0.717, 1.165) is 36.8 Å². The first kappa shape index (κ1) is 17.1. The normalized spacial score (nSPS) is 20.2. The molecular weight excluding hydrogens is 349 g/mol. The summed E-state index contributed by atoms with van der Waals surface area (Å²) in [6.45, 7) is 10.6. The molecule has 0 amide bonds. The highest BCUT2D eigenvalue weighted by molar-refractivity contribution is 14.0. The van der Waals surface area contributed by atoms with Gasteiger partial charge in [0.25, 0.3) is 0 Å². The van der Waals surface area contributed by atoms with Gasteiger partial charge in [0.05, 0.1) is 0 Å². The highest BCUT2D eigenvalue weighted by Gasteiger charge is 2.41. The number of halogens is 1. The van der Waals surface area contributed by atoms with Crippen molar-refractivity contribution in [2.45, 2.75) is 58.9 Å². The second-order valence-electron chi connectivity index (χ2n) is 6.93. The number of hydrogen-bond donors (Lipinski definition) is 2. The summed E-state index contributed by atoms with van der Waals surface area (Å²) >= 11 is 0. The minimum Gasteiger partial charge on any atom is -0.357 e. The maximum absolute atomic E-state index is 4.82. The zero-order valence-electron chi connectivity index (χ0n) is 12.8. The van der Waals surface area contributed by atoms with Gasteiger partial charge in [0.2, 0.25) is 0 Å². The van der Waals surface area contributed by atoms with Crippen molar-refractivity contribution in [2.24, 2.45) is 22.7 Å². The predicted octanol–water partition coefficient (Wildman–Crippen LogP) is 3.39. The van der Waals surface area contributed by atoms with Gasteiger partial charge < -0.3 is 10.6 Å². The molecule has 0 atom stereocenters. The van der Waals surface area contributed by atoms with Gasteiger partial charge in [-0.3, -0.25) is 4.99 Å². The second-order valence-corrected chi connectivity index (χ2v) is 6.93. The number of rotatable bonds is 5. The van der Waals surface area contributed by atoms with E-state index in [1.807, 2.05) is 0 Å². The van der Waals surface area contributed by atoms with E-state index in [-0.39, 0.29) is 29.5 Å². The van der Waals surface area contributed by atoms with Crippen LogP contribution in [0.2, 0.25) is 0 Å². The third kappa shape index (κ3) is 6.32. The van der Waals surface area contributed by atoms with Crippen molar-refractivity contribution >= 4 is 29.9 Å². The molecule has 0 bridgehead atoms. The van der Waals surface area contributed by atoms with E-state index >= 15 is 0 Å². The van der Waals surface area contributed by atoms with Crippen molar-refractivity contribution in [1.29, 1.82) is 0 Å². The quantitative estimate of drug-likeness (QED) is 0.437. The van der Waals surface area contributed by atoms with Gasteiger partial charge in [0, 0.05) is 18.6 Å². The topological polar surface area (TPSA) is 36.4 Å². The lowest BCUT2D eigenvalue weighted by molar-refractivity contribution is 0.415. The molecule has 3 nitrogen and oxygen atoms in total. The maximum atomic E-state index is 4.82. The third-order valence-corrected chi connectivity index (χ3v) is 3.75. The average Bonchev–Trinajstić information content (AvgIpc) is 3.11. The lowest BCUT2D eigenvalue weighted by atomic mass is 9.98. The van der Waals surface area contributed by atoms with Crippen molar-refractivity contribution in [3.63, 3.8) is 0 Å². The molecule has 2 N–H and O–H groups in total. The standard InChI is InChI=1S/C15H29N3.HI/c1-5-16-14(18-15(2,3)4)17-10-13(11-6-7-11)12-8-9-12;/h11-13H,5-10H2,1-4H3,(H2,16,17,18);1H. The Kier molecular flexibility index (Phi) is 6.40. The summed E-state index contributed by atoms with van der Waals surface area (Å²) < 4.78 is 0. The molecule has 0 aromatic rings. The fourth-order valence-electron chi connectivity index (χ4n) is 2.59. The van der Waals surface area contributed by atoms with Crippen molar-refractivity contribution in [1.82, 2.24) is 10.6 Å². The molecule has 0 aromatic heterocycles. The molecule has 112 valence electrons. The van der Waals surface area contributed by atoms with E-state index in [0.29, 0.717) is 0 Å². The minimum atomic E-state index is 0. The van der Waals surface area contributed by atoms with Gasteiger partial charge >= 0.3 is 0 Å². The monoisotopic (exact) mass is 379 g/mol. The lowest BCUT2D eigenvalue weighted by Crippen LogP contribution is -2.47. The van der Waals surface area contributed by atoms with E-state index in [1.165, 1.54) is 25.7 Å². The highest BCUT2D eigenvalue weighted by atomic mass is 127. The Balaban J connectivity index is 0.00000180. The Morgan fingerprint density at radius 2 is 1.68 bits per heavy atom. The molecule has 2 fully saturated rings. The van der Waals surface area contributed by atoms with Gasteiger partial charge in [-0.25, -0.2) is 0 Å². The summed E-state index contributed by atoms with van der Waals surface area (Å²) in [5, 5.41) is 6.82. The molecule has 0 unspecified atom stereocenters. The SMILES string of the molecule is CCNC(=NCC(C1CC1)C1CC1)NC(C)(C)C.I. The zero-order chi connectivity index (χ0) is 13.2. The summed E-state index contributed by atoms with van der Waals surface area (Å²) in [6.07, 6.45) is 5.78. The molecule has 0 saturated heterocycles. The smallest absolute Gasteiger partial charge is 0.191 e. The largest absolute Gasteiger partial charge is 0.357 e. The molecule has 0 aliphatic heterocycles. The van der Waals surface area contributed by atoms with Crippen molar-refractivity contribution in [3.05, 3.63) is 0 Å². The first-order chi connectivity index (χ1) is 8.49. The minimum absolute atomic E-state index is 0. The number of guanidine groups is 1. The van der Waals surface area contributed by atoms with Crippen molar-refractivity contribution in [3.8, 4) is 0 Å². The average molecular weight is 379 g/mol. The van der Waals surface area contributed by atoms with E-state index in [1.54, 1.807) is 0 Å². The number of hydrogen-bond acceptors (Lipinski definition) is 1. The van der Waals surface area contributed by atoms with Crippen LogP contribution in [-0.2, 0) is 0 Å². The summed E-state index contributed by atoms with van der Waals surface area (Å²) in [5.74, 6) is 3.81. The van der Waals surface area contributed by atoms with Crippen LogP contribution in [-0.4, -0.2) is 24.6 Å². The van der Waals surface area contributed by atoms with Gasteiger partial charge in [-0.2, -0.15) is 0 Å². The van der Waals surface area contributed by atoms with E-state index in [9.17, 15) is 0 Å². The van der Waals surface area contributed by atoms with E-state index < -0.39 is 0 Å². The van der Waals surface area contributed by atoms with Crippen LogP contribution in [0.1, 0.15) is 53.4 Å². The summed E-state index contributed by atoms with van der Waals surface area (Å²) in [6, 6.07) is 0. The van der Waals surface area contributed by atoms with Crippen LogP contribution >= 0.6 is 24.0 Å². The second kappa shape index (κ2) is 7.14. The Hall–Kier alpha value is 0. The van der Waals surface area contributed by atoms with Crippen LogP contribution < -0.4 is 10.6 Å². The Morgan fingerprint density at radius 3 is 2.05 bits per heavy atom. The van der Waals surface area contributed by atoms with Crippen LogP contribution in [0.4, 0.5) is 0 Å². The fraction of sp³-hybridized carbons (Fsp3) is 0.933. The van der Waals surface area contributed by atoms with Crippen LogP contribution in [0, 0.1) is 17.8 Å². The molecule has 19 heavy (non-hydrogen) atoms. The van der Waals surface area contributed by atoms with Gasteiger partial charge in [-0.1, -0.05) is 0 Å². The fourth-order valence-corrected chi connectivity index (χ4v) is 2.59. The molecule has 2 rings (SSSR count). The van der Waals surface area contributed by atoms with Gasteiger partial charge in [0.15, 0.2) is 5.96 Å². The molecule has 0 spiro atoms.